The third kappa shape index (κ3) is 1.86. The van der Waals surface area contributed by atoms with E-state index in [-0.39, 0.29) is 11.9 Å². The Bertz CT molecular complexity index is 282. The van der Waals surface area contributed by atoms with Gasteiger partial charge < -0.3 is 5.32 Å². The number of rotatable bonds is 1. The molecule has 1 N–H and O–H groups in total. The molecule has 1 aromatic rings. The molecule has 0 aromatic carbocycles. The van der Waals surface area contributed by atoms with E-state index in [4.69, 9.17) is 0 Å². The number of nitrogens with zero attached hydrogens (tertiary/aromatic N) is 1. The van der Waals surface area contributed by atoms with Gasteiger partial charge >= 0.3 is 0 Å². The van der Waals surface area contributed by atoms with E-state index in [1.165, 1.54) is 12.5 Å². The van der Waals surface area contributed by atoms with E-state index in [1.807, 2.05) is 0 Å². The van der Waals surface area contributed by atoms with Gasteiger partial charge in [-0.25, -0.2) is 4.39 Å². The Morgan fingerprint density at radius 2 is 2.38 bits per heavy atom. The van der Waals surface area contributed by atoms with Gasteiger partial charge in [0.15, 0.2) is 0 Å². The number of piperidine rings is 1. The fraction of sp³-hybridized carbons (Fsp3) is 0.500. The van der Waals surface area contributed by atoms with Crippen molar-refractivity contribution in [1.82, 2.24) is 10.3 Å². The van der Waals surface area contributed by atoms with Crippen LogP contribution in [-0.4, -0.2) is 11.5 Å². The molecule has 2 rings (SSSR count). The van der Waals surface area contributed by atoms with Gasteiger partial charge in [-0.3, -0.25) is 4.98 Å². The van der Waals surface area contributed by atoms with Crippen molar-refractivity contribution in [3.8, 4) is 0 Å². The molecule has 1 aliphatic rings. The highest BCUT2D eigenvalue weighted by atomic mass is 19.1. The zero-order chi connectivity index (χ0) is 9.10. The molecule has 2 nitrogen and oxygen atoms in total. The smallest absolute Gasteiger partial charge is 0.146 e. The maximum atomic E-state index is 13.3. The van der Waals surface area contributed by atoms with Crippen LogP contribution in [0, 0.1) is 5.82 Å². The second kappa shape index (κ2) is 3.83. The normalized spacial score (nSPS) is 23.0. The lowest BCUT2D eigenvalue weighted by molar-refractivity contribution is 0.391. The number of hydrogen-bond acceptors (Lipinski definition) is 2. The van der Waals surface area contributed by atoms with Crippen LogP contribution in [0.3, 0.4) is 0 Å². The topological polar surface area (TPSA) is 24.9 Å². The second-order valence-electron chi connectivity index (χ2n) is 3.37. The van der Waals surface area contributed by atoms with Crippen LogP contribution >= 0.6 is 0 Å². The molecule has 3 heteroatoms. The lowest BCUT2D eigenvalue weighted by atomic mass is 10.0. The van der Waals surface area contributed by atoms with Crippen LogP contribution in [0.5, 0.6) is 0 Å². The Morgan fingerprint density at radius 3 is 3.08 bits per heavy atom. The van der Waals surface area contributed by atoms with Crippen LogP contribution in [0.25, 0.3) is 0 Å². The van der Waals surface area contributed by atoms with Crippen LogP contribution in [-0.2, 0) is 0 Å². The summed E-state index contributed by atoms with van der Waals surface area (Å²) in [5, 5.41) is 3.27. The standard InChI is InChI=1S/C10H13FN2/c11-8-4-3-7-13-10(8)9-5-1-2-6-12-9/h3-4,7,9,12H,1-2,5-6H2. The van der Waals surface area contributed by atoms with Gasteiger partial charge in [-0.15, -0.1) is 0 Å². The van der Waals surface area contributed by atoms with Crippen molar-refractivity contribution in [2.24, 2.45) is 0 Å². The first-order valence-corrected chi connectivity index (χ1v) is 4.72. The van der Waals surface area contributed by atoms with Crippen molar-refractivity contribution in [2.45, 2.75) is 25.3 Å². The molecule has 0 radical (unpaired) electrons. The third-order valence-corrected chi connectivity index (χ3v) is 2.43. The van der Waals surface area contributed by atoms with Gasteiger partial charge in [0.2, 0.25) is 0 Å². The molecule has 1 unspecified atom stereocenters. The summed E-state index contributed by atoms with van der Waals surface area (Å²) in [6.45, 7) is 0.973. The van der Waals surface area contributed by atoms with Crippen molar-refractivity contribution in [1.29, 1.82) is 0 Å². The maximum absolute atomic E-state index is 13.3. The summed E-state index contributed by atoms with van der Waals surface area (Å²) in [5.41, 5.74) is 0.571. The van der Waals surface area contributed by atoms with Crippen LogP contribution in [0.4, 0.5) is 4.39 Å². The molecule has 0 spiro atoms. The van der Waals surface area contributed by atoms with Crippen LogP contribution in [0.2, 0.25) is 0 Å². The Morgan fingerprint density at radius 1 is 1.46 bits per heavy atom. The number of hydrogen-bond donors (Lipinski definition) is 1. The minimum atomic E-state index is -0.193. The second-order valence-corrected chi connectivity index (χ2v) is 3.37. The first-order chi connectivity index (χ1) is 6.38. The van der Waals surface area contributed by atoms with Gasteiger partial charge in [-0.1, -0.05) is 6.42 Å². The average Bonchev–Trinajstić information content (AvgIpc) is 2.20. The first kappa shape index (κ1) is 8.63. The minimum absolute atomic E-state index is 0.120. The van der Waals surface area contributed by atoms with Crippen molar-refractivity contribution in [3.63, 3.8) is 0 Å². The summed E-state index contributed by atoms with van der Waals surface area (Å²) >= 11 is 0. The SMILES string of the molecule is Fc1cccnc1C1CCCCN1. The number of pyridine rings is 1. The molecule has 70 valence electrons. The largest absolute Gasteiger partial charge is 0.309 e. The molecule has 0 saturated carbocycles. The van der Waals surface area contributed by atoms with Gasteiger partial charge in [0.1, 0.15) is 5.82 Å². The molecule has 0 bridgehead atoms. The molecule has 1 saturated heterocycles. The number of halogens is 1. The molecule has 2 heterocycles. The molecule has 1 aliphatic heterocycles. The highest BCUT2D eigenvalue weighted by Gasteiger charge is 2.18. The zero-order valence-electron chi connectivity index (χ0n) is 7.46. The third-order valence-electron chi connectivity index (χ3n) is 2.43. The Hall–Kier alpha value is -0.960. The Balaban J connectivity index is 2.18. The fourth-order valence-corrected chi connectivity index (χ4v) is 1.74. The van der Waals surface area contributed by atoms with Crippen molar-refractivity contribution in [3.05, 3.63) is 29.8 Å². The molecule has 1 fully saturated rings. The van der Waals surface area contributed by atoms with Crippen molar-refractivity contribution >= 4 is 0 Å². The van der Waals surface area contributed by atoms with Gasteiger partial charge in [0, 0.05) is 6.20 Å². The van der Waals surface area contributed by atoms with E-state index in [9.17, 15) is 4.39 Å². The summed E-state index contributed by atoms with van der Waals surface area (Å²) < 4.78 is 13.3. The minimum Gasteiger partial charge on any atom is -0.309 e. The number of nitrogens with one attached hydrogen (secondary N) is 1. The van der Waals surface area contributed by atoms with E-state index >= 15 is 0 Å². The molecule has 1 atom stereocenters. The van der Waals surface area contributed by atoms with Gasteiger partial charge in [0.25, 0.3) is 0 Å². The predicted molar refractivity (Wildman–Crippen MR) is 48.8 cm³/mol. The van der Waals surface area contributed by atoms with Gasteiger partial charge in [-0.05, 0) is 31.5 Å². The predicted octanol–water partition coefficient (Wildman–Crippen LogP) is 2.04. The monoisotopic (exact) mass is 180 g/mol. The molecule has 0 aliphatic carbocycles. The molecule has 13 heavy (non-hydrogen) atoms. The lowest BCUT2D eigenvalue weighted by Crippen LogP contribution is -2.28. The zero-order valence-corrected chi connectivity index (χ0v) is 7.46. The van der Waals surface area contributed by atoms with Crippen LogP contribution in [0.15, 0.2) is 18.3 Å². The maximum Gasteiger partial charge on any atom is 0.146 e. The van der Waals surface area contributed by atoms with Crippen LogP contribution in [0.1, 0.15) is 31.0 Å². The Kier molecular flexibility index (Phi) is 2.54. The summed E-state index contributed by atoms with van der Waals surface area (Å²) in [6.07, 6.45) is 4.99. The number of aromatic nitrogens is 1. The van der Waals surface area contributed by atoms with Crippen LogP contribution < -0.4 is 5.32 Å². The van der Waals surface area contributed by atoms with E-state index < -0.39 is 0 Å². The Labute approximate surface area is 77.2 Å². The molecule has 1 aromatic heterocycles. The van der Waals surface area contributed by atoms with E-state index in [0.717, 1.165) is 19.4 Å². The first-order valence-electron chi connectivity index (χ1n) is 4.72. The highest BCUT2D eigenvalue weighted by molar-refractivity contribution is 5.12. The molecular formula is C10H13FN2. The quantitative estimate of drug-likeness (QED) is 0.715. The van der Waals surface area contributed by atoms with Gasteiger partial charge in [0.05, 0.1) is 11.7 Å². The van der Waals surface area contributed by atoms with Crippen molar-refractivity contribution < 1.29 is 4.39 Å². The van der Waals surface area contributed by atoms with E-state index in [0.29, 0.717) is 5.69 Å². The van der Waals surface area contributed by atoms with E-state index in [2.05, 4.69) is 10.3 Å². The molecule has 0 amide bonds. The summed E-state index contributed by atoms with van der Waals surface area (Å²) in [6, 6.07) is 3.22. The summed E-state index contributed by atoms with van der Waals surface area (Å²) in [5.74, 6) is -0.193. The lowest BCUT2D eigenvalue weighted by Gasteiger charge is -2.22. The highest BCUT2D eigenvalue weighted by Crippen LogP contribution is 2.22. The van der Waals surface area contributed by atoms with Crippen molar-refractivity contribution in [2.75, 3.05) is 6.54 Å². The fourth-order valence-electron chi connectivity index (χ4n) is 1.74. The van der Waals surface area contributed by atoms with E-state index in [1.54, 1.807) is 12.3 Å². The average molecular weight is 180 g/mol. The molecular weight excluding hydrogens is 167 g/mol. The summed E-state index contributed by atoms with van der Waals surface area (Å²) in [7, 11) is 0. The van der Waals surface area contributed by atoms with Gasteiger partial charge in [-0.2, -0.15) is 0 Å². The summed E-state index contributed by atoms with van der Waals surface area (Å²) in [4.78, 5) is 4.06.